The molecule has 0 N–H and O–H groups in total. The maximum absolute atomic E-state index is 10.9. The highest BCUT2D eigenvalue weighted by Crippen LogP contribution is 2.67. The Labute approximate surface area is 72.1 Å². The first-order valence-corrected chi connectivity index (χ1v) is 4.62. The molecule has 11 heavy (non-hydrogen) atoms. The van der Waals surface area contributed by atoms with E-state index in [9.17, 15) is 4.79 Å². The summed E-state index contributed by atoms with van der Waals surface area (Å²) in [6.07, 6.45) is 2.63. The van der Waals surface area contributed by atoms with Gasteiger partial charge < -0.3 is 0 Å². The first-order chi connectivity index (χ1) is 5.05. The molecule has 2 unspecified atom stereocenters. The van der Waals surface area contributed by atoms with Crippen LogP contribution in [-0.4, -0.2) is 5.24 Å². The fourth-order valence-corrected chi connectivity index (χ4v) is 2.86. The number of carbonyl (C=O) groups excluding carboxylic acids is 1. The zero-order valence-corrected chi connectivity index (χ0v) is 7.69. The molecule has 62 valence electrons. The first-order valence-electron chi connectivity index (χ1n) is 4.24. The van der Waals surface area contributed by atoms with E-state index in [-0.39, 0.29) is 16.6 Å². The number of rotatable bonds is 2. The lowest BCUT2D eigenvalue weighted by molar-refractivity contribution is -0.113. The molecule has 0 amide bonds. The zero-order valence-electron chi connectivity index (χ0n) is 6.93. The summed E-state index contributed by atoms with van der Waals surface area (Å²) in [6.45, 7) is 4.31. The van der Waals surface area contributed by atoms with Crippen molar-refractivity contribution in [3.8, 4) is 0 Å². The molecule has 0 spiro atoms. The lowest BCUT2D eigenvalue weighted by Gasteiger charge is -1.97. The summed E-state index contributed by atoms with van der Waals surface area (Å²) in [5.74, 6) is 1.59. The number of hydrogen-bond donors (Lipinski definition) is 0. The van der Waals surface area contributed by atoms with Gasteiger partial charge in [-0.1, -0.05) is 13.8 Å². The van der Waals surface area contributed by atoms with Gasteiger partial charge in [0.2, 0.25) is 5.24 Å². The Morgan fingerprint density at radius 2 is 2.00 bits per heavy atom. The summed E-state index contributed by atoms with van der Waals surface area (Å²) in [4.78, 5) is 10.9. The van der Waals surface area contributed by atoms with Crippen LogP contribution in [-0.2, 0) is 4.79 Å². The van der Waals surface area contributed by atoms with Gasteiger partial charge in [0, 0.05) is 5.92 Å². The fraction of sp³-hybridized carbons (Fsp3) is 0.889. The van der Waals surface area contributed by atoms with E-state index in [1.54, 1.807) is 0 Å². The second kappa shape index (κ2) is 2.01. The van der Waals surface area contributed by atoms with Crippen molar-refractivity contribution in [1.29, 1.82) is 0 Å². The molecule has 1 nitrogen and oxygen atoms in total. The molecule has 2 rings (SSSR count). The second-order valence-corrected chi connectivity index (χ2v) is 4.84. The molecule has 2 aliphatic rings. The van der Waals surface area contributed by atoms with Crippen LogP contribution in [0, 0.1) is 23.2 Å². The predicted octanol–water partition coefficient (Wildman–Crippen LogP) is 2.43. The molecule has 2 atom stereocenters. The molecule has 0 aromatic carbocycles. The molecule has 0 saturated heterocycles. The Morgan fingerprint density at radius 1 is 1.45 bits per heavy atom. The van der Waals surface area contributed by atoms with E-state index in [0.29, 0.717) is 5.92 Å². The minimum Gasteiger partial charge on any atom is -0.281 e. The molecular formula is C9H13ClO. The molecule has 2 saturated carbocycles. The molecule has 2 heteroatoms. The van der Waals surface area contributed by atoms with E-state index in [1.165, 1.54) is 12.8 Å². The van der Waals surface area contributed by atoms with E-state index in [2.05, 4.69) is 13.8 Å². The maximum Gasteiger partial charge on any atom is 0.225 e. The van der Waals surface area contributed by atoms with Gasteiger partial charge >= 0.3 is 0 Å². The molecule has 2 aliphatic carbocycles. The van der Waals surface area contributed by atoms with Crippen molar-refractivity contribution in [2.75, 3.05) is 0 Å². The van der Waals surface area contributed by atoms with Crippen LogP contribution in [0.3, 0.4) is 0 Å². The SMILES string of the molecule is CC1(C)C(C(=O)Cl)C1C1CC1. The van der Waals surface area contributed by atoms with Gasteiger partial charge in [-0.05, 0) is 41.7 Å². The van der Waals surface area contributed by atoms with Gasteiger partial charge in [-0.3, -0.25) is 4.79 Å². The largest absolute Gasteiger partial charge is 0.281 e. The maximum atomic E-state index is 10.9. The molecule has 0 heterocycles. The van der Waals surface area contributed by atoms with Gasteiger partial charge in [0.05, 0.1) is 0 Å². The molecule has 0 aromatic heterocycles. The van der Waals surface area contributed by atoms with Gasteiger partial charge in [0.15, 0.2) is 0 Å². The third-order valence-electron chi connectivity index (χ3n) is 3.29. The highest BCUT2D eigenvalue weighted by molar-refractivity contribution is 6.64. The fourth-order valence-electron chi connectivity index (χ4n) is 2.45. The summed E-state index contributed by atoms with van der Waals surface area (Å²) in [7, 11) is 0. The number of carbonyl (C=O) groups is 1. The number of hydrogen-bond acceptors (Lipinski definition) is 1. The van der Waals surface area contributed by atoms with Crippen molar-refractivity contribution < 1.29 is 4.79 Å². The van der Waals surface area contributed by atoms with Crippen LogP contribution < -0.4 is 0 Å². The summed E-state index contributed by atoms with van der Waals surface area (Å²) < 4.78 is 0. The normalized spacial score (nSPS) is 40.3. The minimum atomic E-state index is -0.119. The summed E-state index contributed by atoms with van der Waals surface area (Å²) in [5, 5.41) is -0.119. The van der Waals surface area contributed by atoms with E-state index >= 15 is 0 Å². The van der Waals surface area contributed by atoms with Crippen LogP contribution in [0.5, 0.6) is 0 Å². The van der Waals surface area contributed by atoms with E-state index in [1.807, 2.05) is 0 Å². The third-order valence-corrected chi connectivity index (χ3v) is 3.52. The van der Waals surface area contributed by atoms with E-state index in [0.717, 1.165) is 5.92 Å². The highest BCUT2D eigenvalue weighted by Gasteiger charge is 2.65. The zero-order chi connectivity index (χ0) is 8.22. The highest BCUT2D eigenvalue weighted by atomic mass is 35.5. The Balaban J connectivity index is 2.08. The third kappa shape index (κ3) is 1.01. The Morgan fingerprint density at radius 3 is 2.27 bits per heavy atom. The van der Waals surface area contributed by atoms with Crippen molar-refractivity contribution in [2.24, 2.45) is 23.2 Å². The van der Waals surface area contributed by atoms with Crippen molar-refractivity contribution in [3.63, 3.8) is 0 Å². The predicted molar refractivity (Wildman–Crippen MR) is 44.3 cm³/mol. The molecule has 0 bridgehead atoms. The smallest absolute Gasteiger partial charge is 0.225 e. The average molecular weight is 173 g/mol. The van der Waals surface area contributed by atoms with Gasteiger partial charge in [0.25, 0.3) is 0 Å². The van der Waals surface area contributed by atoms with Crippen molar-refractivity contribution in [1.82, 2.24) is 0 Å². The Bertz CT molecular complexity index is 206. The van der Waals surface area contributed by atoms with Crippen LogP contribution in [0.15, 0.2) is 0 Å². The van der Waals surface area contributed by atoms with Gasteiger partial charge in [-0.15, -0.1) is 0 Å². The molecule has 0 aliphatic heterocycles. The van der Waals surface area contributed by atoms with Crippen LogP contribution in [0.4, 0.5) is 0 Å². The average Bonchev–Trinajstić information content (AvgIpc) is 2.63. The van der Waals surface area contributed by atoms with Crippen LogP contribution in [0.2, 0.25) is 0 Å². The van der Waals surface area contributed by atoms with E-state index < -0.39 is 0 Å². The topological polar surface area (TPSA) is 17.1 Å². The molecule has 2 fully saturated rings. The quantitative estimate of drug-likeness (QED) is 0.585. The second-order valence-electron chi connectivity index (χ2n) is 4.47. The standard InChI is InChI=1S/C9H13ClO/c1-9(2)6(5-3-4-5)7(9)8(10)11/h5-7H,3-4H2,1-2H3. The van der Waals surface area contributed by atoms with Crippen molar-refractivity contribution >= 4 is 16.8 Å². The van der Waals surface area contributed by atoms with Gasteiger partial charge in [-0.2, -0.15) is 0 Å². The first kappa shape index (κ1) is 7.60. The molecular weight excluding hydrogens is 160 g/mol. The minimum absolute atomic E-state index is 0.119. The van der Waals surface area contributed by atoms with Crippen LogP contribution >= 0.6 is 11.6 Å². The van der Waals surface area contributed by atoms with Crippen LogP contribution in [0.25, 0.3) is 0 Å². The van der Waals surface area contributed by atoms with Gasteiger partial charge in [-0.25, -0.2) is 0 Å². The molecule has 0 aromatic rings. The summed E-state index contributed by atoms with van der Waals surface area (Å²) >= 11 is 5.49. The van der Waals surface area contributed by atoms with Crippen LogP contribution in [0.1, 0.15) is 26.7 Å². The van der Waals surface area contributed by atoms with Crippen molar-refractivity contribution in [3.05, 3.63) is 0 Å². The number of halogens is 1. The summed E-state index contributed by atoms with van der Waals surface area (Å²) in [6, 6.07) is 0. The Hall–Kier alpha value is -0.0400. The lowest BCUT2D eigenvalue weighted by atomic mass is 10.1. The Kier molecular flexibility index (Phi) is 1.39. The van der Waals surface area contributed by atoms with Crippen molar-refractivity contribution in [2.45, 2.75) is 26.7 Å². The van der Waals surface area contributed by atoms with E-state index in [4.69, 9.17) is 11.6 Å². The van der Waals surface area contributed by atoms with Gasteiger partial charge in [0.1, 0.15) is 0 Å². The molecule has 0 radical (unpaired) electrons. The lowest BCUT2D eigenvalue weighted by Crippen LogP contribution is -1.96. The monoisotopic (exact) mass is 172 g/mol. The summed E-state index contributed by atoms with van der Waals surface area (Å²) in [5.41, 5.74) is 0.208.